The van der Waals surface area contributed by atoms with Crippen LogP contribution in [-0.2, 0) is 14.8 Å². The highest BCUT2D eigenvalue weighted by molar-refractivity contribution is 7.90. The highest BCUT2D eigenvalue weighted by Crippen LogP contribution is 2.19. The van der Waals surface area contributed by atoms with Crippen LogP contribution >= 0.6 is 0 Å². The molecule has 0 aliphatic rings. The second kappa shape index (κ2) is 5.36. The molecule has 0 fully saturated rings. The molecule has 0 aromatic heterocycles. The molecule has 100 valence electrons. The largest absolute Gasteiger partial charge is 0.508 e. The lowest BCUT2D eigenvalue weighted by atomic mass is 10.1. The number of rotatable bonds is 5. The van der Waals surface area contributed by atoms with Crippen LogP contribution in [0.15, 0.2) is 24.3 Å². The molecule has 2 unspecified atom stereocenters. The number of aromatic hydroxyl groups is 1. The average Bonchev–Trinajstić information content (AvgIpc) is 2.27. The average molecular weight is 273 g/mol. The van der Waals surface area contributed by atoms with Gasteiger partial charge in [-0.15, -0.1) is 0 Å². The van der Waals surface area contributed by atoms with Crippen molar-refractivity contribution in [1.82, 2.24) is 4.72 Å². The predicted molar refractivity (Wildman–Crippen MR) is 65.7 cm³/mol. The van der Waals surface area contributed by atoms with E-state index in [1.54, 1.807) is 19.1 Å². The van der Waals surface area contributed by atoms with Crippen molar-refractivity contribution in [3.05, 3.63) is 29.8 Å². The van der Waals surface area contributed by atoms with E-state index in [2.05, 4.69) is 4.72 Å². The fraction of sp³-hybridized carbons (Fsp3) is 0.364. The van der Waals surface area contributed by atoms with Gasteiger partial charge >= 0.3 is 5.97 Å². The van der Waals surface area contributed by atoms with Crippen molar-refractivity contribution >= 4 is 16.0 Å². The number of carboxylic acid groups (broad SMARTS) is 1. The summed E-state index contributed by atoms with van der Waals surface area (Å²) < 4.78 is 25.6. The lowest BCUT2D eigenvalue weighted by molar-refractivity contribution is -0.136. The molecule has 0 radical (unpaired) electrons. The summed E-state index contributed by atoms with van der Waals surface area (Å²) >= 11 is 0. The fourth-order valence-corrected chi connectivity index (χ4v) is 2.44. The van der Waals surface area contributed by atoms with Crippen LogP contribution in [0.1, 0.15) is 25.5 Å². The molecule has 6 nitrogen and oxygen atoms in total. The molecule has 0 heterocycles. The van der Waals surface area contributed by atoms with Gasteiger partial charge in [-0.05, 0) is 31.5 Å². The minimum atomic E-state index is -3.95. The number of nitrogens with one attached hydrogen (secondary N) is 1. The van der Waals surface area contributed by atoms with Gasteiger partial charge in [0.05, 0.1) is 0 Å². The second-order valence-electron chi connectivity index (χ2n) is 3.96. The van der Waals surface area contributed by atoms with E-state index in [0.29, 0.717) is 5.56 Å². The molecular formula is C11H15NO5S. The first kappa shape index (κ1) is 14.5. The highest BCUT2D eigenvalue weighted by Gasteiger charge is 2.29. The molecule has 1 rings (SSSR count). The predicted octanol–water partition coefficient (Wildman–Crippen LogP) is 0.846. The standard InChI is InChI=1S/C11H15NO5S/c1-7(9-4-3-5-10(13)6-9)12-18(16,17)8(2)11(14)15/h3-8,12-13H,1-2H3,(H,14,15). The number of sulfonamides is 1. The monoisotopic (exact) mass is 273 g/mol. The number of phenols is 1. The van der Waals surface area contributed by atoms with Crippen molar-refractivity contribution in [3.63, 3.8) is 0 Å². The van der Waals surface area contributed by atoms with Gasteiger partial charge in [0.1, 0.15) is 5.75 Å². The first-order valence-electron chi connectivity index (χ1n) is 5.27. The minimum Gasteiger partial charge on any atom is -0.508 e. The summed E-state index contributed by atoms with van der Waals surface area (Å²) in [6, 6.07) is 5.47. The molecule has 1 aromatic rings. The zero-order chi connectivity index (χ0) is 13.9. The van der Waals surface area contributed by atoms with Gasteiger partial charge in [-0.3, -0.25) is 4.79 Å². The molecule has 0 saturated carbocycles. The Morgan fingerprint density at radius 3 is 2.44 bits per heavy atom. The van der Waals surface area contributed by atoms with E-state index in [9.17, 15) is 18.3 Å². The van der Waals surface area contributed by atoms with E-state index in [4.69, 9.17) is 5.11 Å². The topological polar surface area (TPSA) is 104 Å². The quantitative estimate of drug-likeness (QED) is 0.737. The smallest absolute Gasteiger partial charge is 0.323 e. The Hall–Kier alpha value is -1.60. The maximum atomic E-state index is 11.7. The summed E-state index contributed by atoms with van der Waals surface area (Å²) in [5, 5.41) is 16.4. The molecule has 0 amide bonds. The number of carboxylic acids is 1. The van der Waals surface area contributed by atoms with Crippen LogP contribution in [0.2, 0.25) is 0 Å². The maximum absolute atomic E-state index is 11.7. The van der Waals surface area contributed by atoms with Gasteiger partial charge in [0.25, 0.3) is 0 Å². The number of phenolic OH excluding ortho intramolecular Hbond substituents is 1. The first-order chi connectivity index (χ1) is 8.24. The number of benzene rings is 1. The molecule has 7 heteroatoms. The Bertz CT molecular complexity index is 540. The lowest BCUT2D eigenvalue weighted by Gasteiger charge is -2.16. The molecule has 0 bridgehead atoms. The maximum Gasteiger partial charge on any atom is 0.323 e. The normalized spacial score (nSPS) is 15.0. The van der Waals surface area contributed by atoms with Gasteiger partial charge in [0.2, 0.25) is 10.0 Å². The molecule has 0 spiro atoms. The van der Waals surface area contributed by atoms with Crippen LogP contribution < -0.4 is 4.72 Å². The van der Waals surface area contributed by atoms with Crippen LogP contribution in [0.25, 0.3) is 0 Å². The molecule has 0 aliphatic heterocycles. The Morgan fingerprint density at radius 1 is 1.33 bits per heavy atom. The second-order valence-corrected chi connectivity index (χ2v) is 5.99. The molecule has 3 N–H and O–H groups in total. The lowest BCUT2D eigenvalue weighted by Crippen LogP contribution is -2.38. The van der Waals surface area contributed by atoms with E-state index >= 15 is 0 Å². The summed E-state index contributed by atoms with van der Waals surface area (Å²) in [7, 11) is -3.95. The molecule has 0 saturated heterocycles. The zero-order valence-electron chi connectivity index (χ0n) is 9.99. The van der Waals surface area contributed by atoms with Crippen LogP contribution in [-0.4, -0.2) is 29.9 Å². The summed E-state index contributed by atoms with van der Waals surface area (Å²) in [6.07, 6.45) is 0. The summed E-state index contributed by atoms with van der Waals surface area (Å²) in [6.45, 7) is 2.67. The van der Waals surface area contributed by atoms with Gasteiger partial charge in [0, 0.05) is 6.04 Å². The molecular weight excluding hydrogens is 258 g/mol. The van der Waals surface area contributed by atoms with Crippen LogP contribution in [0.4, 0.5) is 0 Å². The van der Waals surface area contributed by atoms with E-state index in [1.807, 2.05) is 0 Å². The van der Waals surface area contributed by atoms with Crippen molar-refractivity contribution < 1.29 is 23.4 Å². The fourth-order valence-electron chi connectivity index (χ4n) is 1.34. The Balaban J connectivity index is 2.88. The first-order valence-corrected chi connectivity index (χ1v) is 6.81. The van der Waals surface area contributed by atoms with Gasteiger partial charge in [-0.25, -0.2) is 13.1 Å². The highest BCUT2D eigenvalue weighted by atomic mass is 32.2. The van der Waals surface area contributed by atoms with Crippen molar-refractivity contribution in [2.45, 2.75) is 25.1 Å². The van der Waals surface area contributed by atoms with Crippen molar-refractivity contribution in [3.8, 4) is 5.75 Å². The van der Waals surface area contributed by atoms with Crippen molar-refractivity contribution in [2.24, 2.45) is 0 Å². The molecule has 18 heavy (non-hydrogen) atoms. The minimum absolute atomic E-state index is 0.0184. The summed E-state index contributed by atoms with van der Waals surface area (Å²) in [5.41, 5.74) is 0.552. The summed E-state index contributed by atoms with van der Waals surface area (Å²) in [5.74, 6) is -1.39. The Kier molecular flexibility index (Phi) is 4.31. The van der Waals surface area contributed by atoms with E-state index in [1.165, 1.54) is 12.1 Å². The van der Waals surface area contributed by atoms with Gasteiger partial charge in [-0.1, -0.05) is 12.1 Å². The third-order valence-corrected chi connectivity index (χ3v) is 4.34. The SMILES string of the molecule is CC(NS(=O)(=O)C(C)C(=O)O)c1cccc(O)c1. The van der Waals surface area contributed by atoms with E-state index < -0.39 is 27.3 Å². The van der Waals surface area contributed by atoms with Crippen LogP contribution in [0, 0.1) is 0 Å². The van der Waals surface area contributed by atoms with Crippen LogP contribution in [0.3, 0.4) is 0 Å². The van der Waals surface area contributed by atoms with Crippen molar-refractivity contribution in [2.75, 3.05) is 0 Å². The van der Waals surface area contributed by atoms with Crippen LogP contribution in [0.5, 0.6) is 5.75 Å². The van der Waals surface area contributed by atoms with Crippen molar-refractivity contribution in [1.29, 1.82) is 0 Å². The summed E-state index contributed by atoms with van der Waals surface area (Å²) in [4.78, 5) is 10.7. The van der Waals surface area contributed by atoms with Gasteiger partial charge in [-0.2, -0.15) is 0 Å². The molecule has 2 atom stereocenters. The molecule has 1 aromatic carbocycles. The number of aliphatic carboxylic acids is 1. The van der Waals surface area contributed by atoms with E-state index in [0.717, 1.165) is 6.92 Å². The van der Waals surface area contributed by atoms with Gasteiger partial charge < -0.3 is 10.2 Å². The zero-order valence-corrected chi connectivity index (χ0v) is 10.8. The Labute approximate surface area is 105 Å². The Morgan fingerprint density at radius 2 is 1.94 bits per heavy atom. The number of carbonyl (C=O) groups is 1. The van der Waals surface area contributed by atoms with Gasteiger partial charge in [0.15, 0.2) is 5.25 Å². The third kappa shape index (κ3) is 3.44. The number of hydrogen-bond acceptors (Lipinski definition) is 4. The van der Waals surface area contributed by atoms with E-state index in [-0.39, 0.29) is 5.75 Å². The third-order valence-electron chi connectivity index (χ3n) is 2.52. The number of hydrogen-bond donors (Lipinski definition) is 3. The molecule has 0 aliphatic carbocycles.